The number of ether oxygens (including phenoxy) is 1. The minimum Gasteiger partial charge on any atom is -0.378 e. The zero-order chi connectivity index (χ0) is 14.7. The Morgan fingerprint density at radius 2 is 2.10 bits per heavy atom. The maximum Gasteiger partial charge on any atom is 0.141 e. The van der Waals surface area contributed by atoms with Crippen molar-refractivity contribution < 1.29 is 9.13 Å². The van der Waals surface area contributed by atoms with Crippen molar-refractivity contribution in [1.29, 1.82) is 0 Å². The van der Waals surface area contributed by atoms with Crippen molar-refractivity contribution >= 4 is 5.82 Å². The number of hydrogen-bond donors (Lipinski definition) is 1. The fraction of sp³-hybridized carbons (Fsp3) is 0.688. The molecule has 1 saturated carbocycles. The predicted molar refractivity (Wildman–Crippen MR) is 80.9 cm³/mol. The molecule has 2 aliphatic rings. The van der Waals surface area contributed by atoms with Crippen LogP contribution in [-0.2, 0) is 11.3 Å². The van der Waals surface area contributed by atoms with Gasteiger partial charge in [0.2, 0.25) is 0 Å². The smallest absolute Gasteiger partial charge is 0.141 e. The molecule has 0 atom stereocenters. The molecule has 1 aromatic rings. The molecule has 1 aliphatic carbocycles. The fourth-order valence-corrected chi connectivity index (χ4v) is 2.90. The summed E-state index contributed by atoms with van der Waals surface area (Å²) in [5.41, 5.74) is 0.969. The topological polar surface area (TPSA) is 37.4 Å². The Kier molecular flexibility index (Phi) is 4.70. The highest BCUT2D eigenvalue weighted by atomic mass is 19.1. The molecule has 1 N–H and O–H groups in total. The van der Waals surface area contributed by atoms with Gasteiger partial charge in [0, 0.05) is 37.8 Å². The van der Waals surface area contributed by atoms with Crippen LogP contribution in [0.15, 0.2) is 12.3 Å². The van der Waals surface area contributed by atoms with Gasteiger partial charge in [-0.2, -0.15) is 0 Å². The molecule has 0 bridgehead atoms. The maximum absolute atomic E-state index is 13.5. The Morgan fingerprint density at radius 1 is 1.33 bits per heavy atom. The standard InChI is InChI=1S/C16H24FN3O/c1-2-21-15-5-7-20(8-6-15)16-12(9-13(17)11-19-16)10-18-14-3-4-14/h9,11,14-15,18H,2-8,10H2,1H3. The summed E-state index contributed by atoms with van der Waals surface area (Å²) in [6.45, 7) is 5.38. The molecule has 0 radical (unpaired) electrons. The zero-order valence-corrected chi connectivity index (χ0v) is 12.6. The monoisotopic (exact) mass is 293 g/mol. The molecule has 1 saturated heterocycles. The number of nitrogens with one attached hydrogen (secondary N) is 1. The molecule has 1 aromatic heterocycles. The van der Waals surface area contributed by atoms with Crippen molar-refractivity contribution in [3.8, 4) is 0 Å². The Bertz CT molecular complexity index is 471. The maximum atomic E-state index is 13.5. The average Bonchev–Trinajstić information content (AvgIpc) is 3.31. The van der Waals surface area contributed by atoms with Crippen LogP contribution in [0, 0.1) is 5.82 Å². The Hall–Kier alpha value is -1.20. The number of nitrogens with zero attached hydrogens (tertiary/aromatic N) is 2. The number of halogens is 1. The van der Waals surface area contributed by atoms with E-state index >= 15 is 0 Å². The first-order valence-electron chi connectivity index (χ1n) is 8.00. The van der Waals surface area contributed by atoms with Gasteiger partial charge in [-0.15, -0.1) is 0 Å². The highest BCUT2D eigenvalue weighted by Crippen LogP contribution is 2.25. The van der Waals surface area contributed by atoms with Crippen molar-refractivity contribution in [3.63, 3.8) is 0 Å². The Morgan fingerprint density at radius 3 is 2.76 bits per heavy atom. The molecule has 2 heterocycles. The SMILES string of the molecule is CCOC1CCN(c2ncc(F)cc2CNC2CC2)CC1. The van der Waals surface area contributed by atoms with E-state index in [0.717, 1.165) is 43.9 Å². The number of piperidine rings is 1. The van der Waals surface area contributed by atoms with Crippen LogP contribution in [0.5, 0.6) is 0 Å². The average molecular weight is 293 g/mol. The number of pyridine rings is 1. The second-order valence-corrected chi connectivity index (χ2v) is 5.93. The second-order valence-electron chi connectivity index (χ2n) is 5.93. The number of anilines is 1. The first-order valence-corrected chi connectivity index (χ1v) is 8.00. The molecule has 0 aromatic carbocycles. The molecule has 0 spiro atoms. The van der Waals surface area contributed by atoms with Crippen molar-refractivity contribution in [2.24, 2.45) is 0 Å². The van der Waals surface area contributed by atoms with E-state index < -0.39 is 0 Å². The van der Waals surface area contributed by atoms with E-state index in [1.807, 2.05) is 6.92 Å². The molecule has 4 nitrogen and oxygen atoms in total. The van der Waals surface area contributed by atoms with Crippen molar-refractivity contribution in [2.75, 3.05) is 24.6 Å². The van der Waals surface area contributed by atoms with Gasteiger partial charge in [-0.1, -0.05) is 0 Å². The van der Waals surface area contributed by atoms with Gasteiger partial charge in [0.1, 0.15) is 11.6 Å². The molecule has 2 fully saturated rings. The molecule has 116 valence electrons. The van der Waals surface area contributed by atoms with Crippen LogP contribution < -0.4 is 10.2 Å². The summed E-state index contributed by atoms with van der Waals surface area (Å²) in [6, 6.07) is 2.23. The van der Waals surface area contributed by atoms with Crippen LogP contribution in [0.1, 0.15) is 38.2 Å². The first kappa shape index (κ1) is 14.7. The molecule has 3 rings (SSSR count). The lowest BCUT2D eigenvalue weighted by atomic mass is 10.1. The summed E-state index contributed by atoms with van der Waals surface area (Å²) in [7, 11) is 0. The van der Waals surface area contributed by atoms with E-state index in [1.54, 1.807) is 6.07 Å². The molecule has 0 unspecified atom stereocenters. The van der Waals surface area contributed by atoms with Crippen LogP contribution in [-0.4, -0.2) is 36.8 Å². The second kappa shape index (κ2) is 6.71. The van der Waals surface area contributed by atoms with E-state index in [9.17, 15) is 4.39 Å². The van der Waals surface area contributed by atoms with Crippen molar-refractivity contribution in [2.45, 2.75) is 51.3 Å². The zero-order valence-electron chi connectivity index (χ0n) is 12.6. The van der Waals surface area contributed by atoms with Crippen LogP contribution in [0.25, 0.3) is 0 Å². The number of rotatable bonds is 6. The van der Waals surface area contributed by atoms with Gasteiger partial charge in [-0.3, -0.25) is 0 Å². The van der Waals surface area contributed by atoms with E-state index in [0.29, 0.717) is 18.7 Å². The third-order valence-corrected chi connectivity index (χ3v) is 4.21. The van der Waals surface area contributed by atoms with Crippen LogP contribution >= 0.6 is 0 Å². The van der Waals surface area contributed by atoms with Gasteiger partial charge in [0.05, 0.1) is 12.3 Å². The van der Waals surface area contributed by atoms with E-state index in [2.05, 4.69) is 15.2 Å². The van der Waals surface area contributed by atoms with Gasteiger partial charge in [-0.05, 0) is 38.7 Å². The lowest BCUT2D eigenvalue weighted by Gasteiger charge is -2.33. The predicted octanol–water partition coefficient (Wildman–Crippen LogP) is 2.48. The summed E-state index contributed by atoms with van der Waals surface area (Å²) in [5, 5.41) is 3.45. The van der Waals surface area contributed by atoms with Gasteiger partial charge >= 0.3 is 0 Å². The van der Waals surface area contributed by atoms with Crippen molar-refractivity contribution in [1.82, 2.24) is 10.3 Å². The normalized spacial score (nSPS) is 20.0. The molecule has 0 amide bonds. The van der Waals surface area contributed by atoms with Crippen LogP contribution in [0.4, 0.5) is 10.2 Å². The van der Waals surface area contributed by atoms with Crippen LogP contribution in [0.3, 0.4) is 0 Å². The number of aromatic nitrogens is 1. The third kappa shape index (κ3) is 3.92. The summed E-state index contributed by atoms with van der Waals surface area (Å²) in [6.07, 6.45) is 6.19. The Labute approximate surface area is 125 Å². The van der Waals surface area contributed by atoms with Gasteiger partial charge in [0.25, 0.3) is 0 Å². The van der Waals surface area contributed by atoms with E-state index in [1.165, 1.54) is 19.0 Å². The largest absolute Gasteiger partial charge is 0.378 e. The minimum atomic E-state index is -0.254. The van der Waals surface area contributed by atoms with E-state index in [4.69, 9.17) is 4.74 Å². The summed E-state index contributed by atoms with van der Waals surface area (Å²) < 4.78 is 19.2. The van der Waals surface area contributed by atoms with Crippen molar-refractivity contribution in [3.05, 3.63) is 23.6 Å². The summed E-state index contributed by atoms with van der Waals surface area (Å²) in [4.78, 5) is 6.60. The molecular formula is C16H24FN3O. The third-order valence-electron chi connectivity index (χ3n) is 4.21. The van der Waals surface area contributed by atoms with Gasteiger partial charge < -0.3 is 15.0 Å². The van der Waals surface area contributed by atoms with E-state index in [-0.39, 0.29) is 5.82 Å². The summed E-state index contributed by atoms with van der Waals surface area (Å²) in [5.74, 6) is 0.676. The first-order chi connectivity index (χ1) is 10.3. The van der Waals surface area contributed by atoms with Gasteiger partial charge in [-0.25, -0.2) is 9.37 Å². The lowest BCUT2D eigenvalue weighted by molar-refractivity contribution is 0.0458. The molecule has 5 heteroatoms. The summed E-state index contributed by atoms with van der Waals surface area (Å²) >= 11 is 0. The molecular weight excluding hydrogens is 269 g/mol. The quantitative estimate of drug-likeness (QED) is 0.874. The molecule has 21 heavy (non-hydrogen) atoms. The number of hydrogen-bond acceptors (Lipinski definition) is 4. The molecule has 1 aliphatic heterocycles. The highest BCUT2D eigenvalue weighted by Gasteiger charge is 2.24. The highest BCUT2D eigenvalue weighted by molar-refractivity contribution is 5.47. The lowest BCUT2D eigenvalue weighted by Crippen LogP contribution is -2.38. The van der Waals surface area contributed by atoms with Crippen LogP contribution in [0.2, 0.25) is 0 Å². The Balaban J connectivity index is 1.66. The van der Waals surface area contributed by atoms with Gasteiger partial charge in [0.15, 0.2) is 0 Å². The minimum absolute atomic E-state index is 0.254. The fourth-order valence-electron chi connectivity index (χ4n) is 2.90.